The highest BCUT2D eigenvalue weighted by molar-refractivity contribution is 8.54. The first-order valence-corrected chi connectivity index (χ1v) is 7.92. The highest BCUT2D eigenvalue weighted by atomic mass is 32.7. The van der Waals surface area contributed by atoms with Crippen molar-refractivity contribution in [1.82, 2.24) is 0 Å². The molecule has 17 heavy (non-hydrogen) atoms. The van der Waals surface area contributed by atoms with Crippen LogP contribution in [0.25, 0.3) is 0 Å². The standard InChI is InChI=1S/C12H11O3PS/c13-16(14,15-11-7-3-1-4-8-11)17-12-9-5-2-6-10-12/h1-10H,(H,13,14)/p-1. The molecule has 1 atom stereocenters. The zero-order valence-electron chi connectivity index (χ0n) is 8.85. The highest BCUT2D eigenvalue weighted by Gasteiger charge is 2.12. The number of rotatable bonds is 4. The second kappa shape index (κ2) is 5.41. The molecule has 0 aromatic heterocycles. The van der Waals surface area contributed by atoms with Crippen LogP contribution in [0.1, 0.15) is 0 Å². The van der Waals surface area contributed by atoms with Gasteiger partial charge >= 0.3 is 0 Å². The van der Waals surface area contributed by atoms with Crippen LogP contribution >= 0.6 is 18.2 Å². The number of para-hydroxylation sites is 1. The lowest BCUT2D eigenvalue weighted by Crippen LogP contribution is -2.03. The molecule has 0 amide bonds. The average molecular weight is 265 g/mol. The molecule has 0 heterocycles. The van der Waals surface area contributed by atoms with Crippen LogP contribution in [-0.2, 0) is 4.57 Å². The van der Waals surface area contributed by atoms with Gasteiger partial charge in [0.15, 0.2) is 0 Å². The van der Waals surface area contributed by atoms with E-state index in [0.717, 1.165) is 11.4 Å². The Morgan fingerprint density at radius 3 is 2.06 bits per heavy atom. The number of benzene rings is 2. The van der Waals surface area contributed by atoms with Crippen molar-refractivity contribution in [1.29, 1.82) is 0 Å². The maximum Gasteiger partial charge on any atom is 0.245 e. The molecule has 0 spiro atoms. The average Bonchev–Trinajstić information content (AvgIpc) is 2.30. The summed E-state index contributed by atoms with van der Waals surface area (Å²) in [7, 11) is 0. The molecule has 2 aromatic rings. The Balaban J connectivity index is 2.07. The summed E-state index contributed by atoms with van der Waals surface area (Å²) in [5, 5.41) is 0. The molecule has 88 valence electrons. The van der Waals surface area contributed by atoms with Gasteiger partial charge in [-0.25, -0.2) is 0 Å². The lowest BCUT2D eigenvalue weighted by molar-refractivity contribution is -0.182. The third-order valence-corrected chi connectivity index (χ3v) is 4.59. The highest BCUT2D eigenvalue weighted by Crippen LogP contribution is 2.55. The topological polar surface area (TPSA) is 49.4 Å². The number of hydrogen-bond donors (Lipinski definition) is 0. The Labute approximate surface area is 104 Å². The molecule has 0 radical (unpaired) electrons. The summed E-state index contributed by atoms with van der Waals surface area (Å²) in [5.74, 6) is 0.328. The fraction of sp³-hybridized carbons (Fsp3) is 0. The fourth-order valence-corrected chi connectivity index (χ4v) is 3.70. The van der Waals surface area contributed by atoms with E-state index in [1.807, 2.05) is 6.07 Å². The van der Waals surface area contributed by atoms with E-state index in [1.165, 1.54) is 0 Å². The third kappa shape index (κ3) is 3.93. The minimum atomic E-state index is -3.97. The quantitative estimate of drug-likeness (QED) is 0.796. The maximum atomic E-state index is 11.7. The summed E-state index contributed by atoms with van der Waals surface area (Å²) in [6.45, 7) is -3.97. The molecule has 0 bridgehead atoms. The molecule has 0 aliphatic heterocycles. The first-order chi connectivity index (χ1) is 8.16. The summed E-state index contributed by atoms with van der Waals surface area (Å²) in [5.41, 5.74) is 0. The van der Waals surface area contributed by atoms with E-state index in [4.69, 9.17) is 4.52 Å². The van der Waals surface area contributed by atoms with Gasteiger partial charge in [-0.15, -0.1) is 0 Å². The van der Waals surface area contributed by atoms with Crippen LogP contribution in [0.3, 0.4) is 0 Å². The Bertz CT molecular complexity index is 470. The van der Waals surface area contributed by atoms with Crippen molar-refractivity contribution in [2.45, 2.75) is 4.90 Å². The predicted molar refractivity (Wildman–Crippen MR) is 67.0 cm³/mol. The first kappa shape index (κ1) is 12.2. The Morgan fingerprint density at radius 2 is 1.47 bits per heavy atom. The summed E-state index contributed by atoms with van der Waals surface area (Å²) in [6.07, 6.45) is 0. The fourth-order valence-electron chi connectivity index (χ4n) is 1.24. The summed E-state index contributed by atoms with van der Waals surface area (Å²) in [6, 6.07) is 17.3. The van der Waals surface area contributed by atoms with Crippen molar-refractivity contribution < 1.29 is 14.0 Å². The van der Waals surface area contributed by atoms with E-state index < -0.39 is 6.80 Å². The smallest absolute Gasteiger partial charge is 0.245 e. The summed E-state index contributed by atoms with van der Waals surface area (Å²) < 4.78 is 16.7. The van der Waals surface area contributed by atoms with E-state index in [1.54, 1.807) is 54.6 Å². The summed E-state index contributed by atoms with van der Waals surface area (Å²) >= 11 is 0.718. The Morgan fingerprint density at radius 1 is 0.941 bits per heavy atom. The molecular formula is C12H10O3PS-. The molecule has 0 saturated carbocycles. The van der Waals surface area contributed by atoms with Crippen LogP contribution in [0.2, 0.25) is 0 Å². The molecule has 2 aromatic carbocycles. The normalized spacial score (nSPS) is 13.9. The molecule has 1 unspecified atom stereocenters. The van der Waals surface area contributed by atoms with Crippen molar-refractivity contribution in [2.24, 2.45) is 0 Å². The first-order valence-electron chi connectivity index (χ1n) is 4.96. The van der Waals surface area contributed by atoms with Gasteiger partial charge in [0.2, 0.25) is 6.80 Å². The second-order valence-electron chi connectivity index (χ2n) is 3.26. The van der Waals surface area contributed by atoms with Gasteiger partial charge in [0.25, 0.3) is 0 Å². The van der Waals surface area contributed by atoms with Crippen LogP contribution in [0.4, 0.5) is 0 Å². The molecule has 0 aliphatic rings. The SMILES string of the molecule is O=P([O-])(Oc1ccccc1)Sc1ccccc1. The van der Waals surface area contributed by atoms with Gasteiger partial charge in [-0.3, -0.25) is 4.57 Å². The predicted octanol–water partition coefficient (Wildman–Crippen LogP) is 3.33. The minimum absolute atomic E-state index is 0.328. The van der Waals surface area contributed by atoms with Gasteiger partial charge in [0, 0.05) is 4.90 Å². The molecule has 5 heteroatoms. The van der Waals surface area contributed by atoms with Crippen molar-refractivity contribution >= 4 is 18.2 Å². The van der Waals surface area contributed by atoms with Gasteiger partial charge in [0.1, 0.15) is 5.75 Å². The Kier molecular flexibility index (Phi) is 3.89. The van der Waals surface area contributed by atoms with Crippen molar-refractivity contribution in [3.63, 3.8) is 0 Å². The zero-order chi connectivity index (χ0) is 12.1. The van der Waals surface area contributed by atoms with Crippen LogP contribution < -0.4 is 9.42 Å². The van der Waals surface area contributed by atoms with Gasteiger partial charge in [-0.05, 0) is 35.6 Å². The maximum absolute atomic E-state index is 11.7. The molecule has 0 aliphatic carbocycles. The summed E-state index contributed by atoms with van der Waals surface area (Å²) in [4.78, 5) is 12.4. The van der Waals surface area contributed by atoms with E-state index >= 15 is 0 Å². The molecule has 0 N–H and O–H groups in total. The third-order valence-electron chi connectivity index (χ3n) is 1.92. The lowest BCUT2D eigenvalue weighted by Gasteiger charge is -2.22. The Hall–Kier alpha value is -1.22. The molecule has 2 rings (SSSR count). The molecule has 0 saturated heterocycles. The van der Waals surface area contributed by atoms with Crippen LogP contribution in [0, 0.1) is 0 Å². The van der Waals surface area contributed by atoms with Crippen molar-refractivity contribution in [2.75, 3.05) is 0 Å². The largest absolute Gasteiger partial charge is 0.760 e. The van der Waals surface area contributed by atoms with Gasteiger partial charge < -0.3 is 9.42 Å². The minimum Gasteiger partial charge on any atom is -0.760 e. The zero-order valence-corrected chi connectivity index (χ0v) is 10.6. The molecular weight excluding hydrogens is 255 g/mol. The monoisotopic (exact) mass is 265 g/mol. The molecule has 0 fully saturated rings. The van der Waals surface area contributed by atoms with E-state index in [9.17, 15) is 9.46 Å². The number of hydrogen-bond acceptors (Lipinski definition) is 4. The van der Waals surface area contributed by atoms with E-state index in [2.05, 4.69) is 0 Å². The van der Waals surface area contributed by atoms with Crippen LogP contribution in [0.15, 0.2) is 65.6 Å². The van der Waals surface area contributed by atoms with E-state index in [-0.39, 0.29) is 0 Å². The molecule has 3 nitrogen and oxygen atoms in total. The van der Waals surface area contributed by atoms with E-state index in [0.29, 0.717) is 10.6 Å². The van der Waals surface area contributed by atoms with Crippen molar-refractivity contribution in [3.8, 4) is 5.75 Å². The van der Waals surface area contributed by atoms with Crippen molar-refractivity contribution in [3.05, 3.63) is 60.7 Å². The van der Waals surface area contributed by atoms with Gasteiger partial charge in [-0.2, -0.15) is 0 Å². The second-order valence-corrected chi connectivity index (χ2v) is 6.88. The lowest BCUT2D eigenvalue weighted by atomic mass is 10.3. The van der Waals surface area contributed by atoms with Crippen LogP contribution in [-0.4, -0.2) is 0 Å². The van der Waals surface area contributed by atoms with Gasteiger partial charge in [0.05, 0.1) is 0 Å². The van der Waals surface area contributed by atoms with Crippen LogP contribution in [0.5, 0.6) is 5.75 Å². The van der Waals surface area contributed by atoms with Gasteiger partial charge in [-0.1, -0.05) is 36.4 Å².